The summed E-state index contributed by atoms with van der Waals surface area (Å²) < 4.78 is 11.0. The lowest BCUT2D eigenvalue weighted by atomic mass is 10.1. The minimum absolute atomic E-state index is 0.430. The molecule has 3 rings (SSSR count). The average molecular weight is 256 g/mol. The molecule has 0 spiro atoms. The minimum Gasteiger partial charge on any atom is -0.486 e. The number of amides is 1. The summed E-state index contributed by atoms with van der Waals surface area (Å²) in [4.78, 5) is 15.4. The Morgan fingerprint density at radius 1 is 1.11 bits per heavy atom. The van der Waals surface area contributed by atoms with E-state index in [2.05, 4.69) is 4.98 Å². The van der Waals surface area contributed by atoms with Gasteiger partial charge in [0, 0.05) is 17.3 Å². The molecule has 2 N–H and O–H groups in total. The van der Waals surface area contributed by atoms with Crippen LogP contribution in [-0.2, 0) is 0 Å². The summed E-state index contributed by atoms with van der Waals surface area (Å²) in [5.74, 6) is 0.942. The molecule has 0 saturated carbocycles. The molecule has 1 aromatic heterocycles. The predicted octanol–water partition coefficient (Wildman–Crippen LogP) is 1.62. The lowest BCUT2D eigenvalue weighted by Crippen LogP contribution is -2.15. The van der Waals surface area contributed by atoms with E-state index >= 15 is 0 Å². The molecule has 1 aliphatic rings. The first kappa shape index (κ1) is 11.5. The summed E-state index contributed by atoms with van der Waals surface area (Å²) in [5, 5.41) is 0. The fourth-order valence-electron chi connectivity index (χ4n) is 1.94. The number of rotatable bonds is 2. The van der Waals surface area contributed by atoms with Gasteiger partial charge in [0.2, 0.25) is 5.91 Å². The summed E-state index contributed by atoms with van der Waals surface area (Å²) in [6.07, 6.45) is 1.56. The smallest absolute Gasteiger partial charge is 0.248 e. The van der Waals surface area contributed by atoms with Gasteiger partial charge in [-0.1, -0.05) is 0 Å². The molecule has 0 fully saturated rings. The van der Waals surface area contributed by atoms with Crippen LogP contribution in [0.1, 0.15) is 10.4 Å². The first-order valence-corrected chi connectivity index (χ1v) is 5.90. The fourth-order valence-corrected chi connectivity index (χ4v) is 1.94. The second kappa shape index (κ2) is 4.61. The lowest BCUT2D eigenvalue weighted by molar-refractivity contribution is 0.1000. The van der Waals surface area contributed by atoms with Gasteiger partial charge in [-0.15, -0.1) is 0 Å². The highest BCUT2D eigenvalue weighted by Gasteiger charge is 2.13. The number of hydrogen-bond donors (Lipinski definition) is 1. The molecule has 2 heterocycles. The van der Waals surface area contributed by atoms with Crippen LogP contribution in [0.2, 0.25) is 0 Å². The van der Waals surface area contributed by atoms with Gasteiger partial charge in [-0.3, -0.25) is 9.78 Å². The molecule has 1 amide bonds. The van der Waals surface area contributed by atoms with Crippen LogP contribution in [0.4, 0.5) is 0 Å². The summed E-state index contributed by atoms with van der Waals surface area (Å²) in [5.41, 5.74) is 7.22. The Bertz CT molecular complexity index is 640. The number of primary amides is 1. The van der Waals surface area contributed by atoms with Gasteiger partial charge in [0.05, 0.1) is 5.69 Å². The summed E-state index contributed by atoms with van der Waals surface area (Å²) in [6.45, 7) is 1.09. The molecule has 1 aromatic carbocycles. The second-order valence-corrected chi connectivity index (χ2v) is 4.15. The Balaban J connectivity index is 2.02. The maximum atomic E-state index is 11.2. The van der Waals surface area contributed by atoms with Crippen molar-refractivity contribution >= 4 is 5.91 Å². The van der Waals surface area contributed by atoms with Crippen molar-refractivity contribution in [2.45, 2.75) is 0 Å². The quantitative estimate of drug-likeness (QED) is 0.886. The Labute approximate surface area is 110 Å². The Morgan fingerprint density at radius 3 is 2.68 bits per heavy atom. The zero-order chi connectivity index (χ0) is 13.2. The number of benzene rings is 1. The van der Waals surface area contributed by atoms with Crippen molar-refractivity contribution in [1.29, 1.82) is 0 Å². The van der Waals surface area contributed by atoms with E-state index in [0.29, 0.717) is 30.2 Å². The summed E-state index contributed by atoms with van der Waals surface area (Å²) in [7, 11) is 0. The van der Waals surface area contributed by atoms with Crippen LogP contribution in [0.15, 0.2) is 36.5 Å². The molecule has 5 heteroatoms. The standard InChI is InChI=1S/C14H12N2O3/c15-14(17)10-3-4-16-11(7-10)9-1-2-12-13(8-9)19-6-5-18-12/h1-4,7-8H,5-6H2,(H2,15,17). The molecule has 19 heavy (non-hydrogen) atoms. The number of hydrogen-bond acceptors (Lipinski definition) is 4. The van der Waals surface area contributed by atoms with E-state index in [1.807, 2.05) is 18.2 Å². The number of aromatic nitrogens is 1. The number of fused-ring (bicyclic) bond motifs is 1. The Kier molecular flexibility index (Phi) is 2.79. The maximum Gasteiger partial charge on any atom is 0.248 e. The molecular weight excluding hydrogens is 244 g/mol. The van der Waals surface area contributed by atoms with Gasteiger partial charge in [0.25, 0.3) is 0 Å². The van der Waals surface area contributed by atoms with E-state index < -0.39 is 5.91 Å². The van der Waals surface area contributed by atoms with E-state index in [4.69, 9.17) is 15.2 Å². The van der Waals surface area contributed by atoms with Crippen molar-refractivity contribution in [2.75, 3.05) is 13.2 Å². The number of carbonyl (C=O) groups excluding carboxylic acids is 1. The van der Waals surface area contributed by atoms with Crippen LogP contribution in [0, 0.1) is 0 Å². The van der Waals surface area contributed by atoms with E-state index in [1.54, 1.807) is 18.3 Å². The number of carbonyl (C=O) groups is 1. The van der Waals surface area contributed by atoms with Crippen LogP contribution in [0.3, 0.4) is 0 Å². The van der Waals surface area contributed by atoms with Crippen molar-refractivity contribution in [2.24, 2.45) is 5.73 Å². The third-order valence-corrected chi connectivity index (χ3v) is 2.88. The van der Waals surface area contributed by atoms with Gasteiger partial charge < -0.3 is 15.2 Å². The van der Waals surface area contributed by atoms with E-state index in [-0.39, 0.29) is 0 Å². The molecule has 2 aromatic rings. The molecule has 0 radical (unpaired) electrons. The molecule has 1 aliphatic heterocycles. The van der Waals surface area contributed by atoms with Crippen LogP contribution in [0.25, 0.3) is 11.3 Å². The molecule has 0 aliphatic carbocycles. The highest BCUT2D eigenvalue weighted by Crippen LogP contribution is 2.33. The van der Waals surface area contributed by atoms with Crippen molar-refractivity contribution < 1.29 is 14.3 Å². The van der Waals surface area contributed by atoms with Gasteiger partial charge in [0.1, 0.15) is 13.2 Å². The molecule has 96 valence electrons. The second-order valence-electron chi connectivity index (χ2n) is 4.15. The van der Waals surface area contributed by atoms with Gasteiger partial charge in [-0.25, -0.2) is 0 Å². The molecule has 0 atom stereocenters. The van der Waals surface area contributed by atoms with E-state index in [0.717, 1.165) is 11.3 Å². The van der Waals surface area contributed by atoms with Gasteiger partial charge in [0.15, 0.2) is 11.5 Å². The van der Waals surface area contributed by atoms with Gasteiger partial charge in [-0.2, -0.15) is 0 Å². The average Bonchev–Trinajstić information content (AvgIpc) is 2.47. The Morgan fingerprint density at radius 2 is 1.89 bits per heavy atom. The number of pyridine rings is 1. The largest absolute Gasteiger partial charge is 0.486 e. The normalized spacial score (nSPS) is 13.1. The SMILES string of the molecule is NC(=O)c1ccnc(-c2ccc3c(c2)OCCO3)c1. The van der Waals surface area contributed by atoms with Crippen molar-refractivity contribution in [3.8, 4) is 22.8 Å². The van der Waals surface area contributed by atoms with Crippen molar-refractivity contribution in [3.63, 3.8) is 0 Å². The summed E-state index contributed by atoms with van der Waals surface area (Å²) >= 11 is 0. The molecule has 0 bridgehead atoms. The molecular formula is C14H12N2O3. The number of ether oxygens (including phenoxy) is 2. The first-order chi connectivity index (χ1) is 9.24. The lowest BCUT2D eigenvalue weighted by Gasteiger charge is -2.18. The van der Waals surface area contributed by atoms with E-state index in [1.165, 1.54) is 0 Å². The topological polar surface area (TPSA) is 74.4 Å². The van der Waals surface area contributed by atoms with Crippen LogP contribution < -0.4 is 15.2 Å². The molecule has 5 nitrogen and oxygen atoms in total. The zero-order valence-electron chi connectivity index (χ0n) is 10.1. The Hall–Kier alpha value is -2.56. The maximum absolute atomic E-state index is 11.2. The van der Waals surface area contributed by atoms with Crippen molar-refractivity contribution in [3.05, 3.63) is 42.1 Å². The summed E-state index contributed by atoms with van der Waals surface area (Å²) in [6, 6.07) is 8.81. The van der Waals surface area contributed by atoms with Crippen LogP contribution in [-0.4, -0.2) is 24.1 Å². The minimum atomic E-state index is -0.471. The third-order valence-electron chi connectivity index (χ3n) is 2.88. The fraction of sp³-hybridized carbons (Fsp3) is 0.143. The van der Waals surface area contributed by atoms with Crippen molar-refractivity contribution in [1.82, 2.24) is 4.98 Å². The zero-order valence-corrected chi connectivity index (χ0v) is 10.1. The van der Waals surface area contributed by atoms with E-state index in [9.17, 15) is 4.79 Å². The first-order valence-electron chi connectivity index (χ1n) is 5.90. The molecule has 0 saturated heterocycles. The van der Waals surface area contributed by atoms with Crippen LogP contribution >= 0.6 is 0 Å². The molecule has 0 unspecified atom stereocenters. The highest BCUT2D eigenvalue weighted by atomic mass is 16.6. The van der Waals surface area contributed by atoms with Gasteiger partial charge >= 0.3 is 0 Å². The monoisotopic (exact) mass is 256 g/mol. The highest BCUT2D eigenvalue weighted by molar-refractivity contribution is 5.93. The number of nitrogens with zero attached hydrogens (tertiary/aromatic N) is 1. The third kappa shape index (κ3) is 2.22. The van der Waals surface area contributed by atoms with Crippen LogP contribution in [0.5, 0.6) is 11.5 Å². The number of nitrogens with two attached hydrogens (primary N) is 1. The van der Waals surface area contributed by atoms with Gasteiger partial charge in [-0.05, 0) is 30.3 Å². The predicted molar refractivity (Wildman–Crippen MR) is 69.2 cm³/mol.